The molecular formula is C19H26N2. The molecule has 0 aromatic heterocycles. The van der Waals surface area contributed by atoms with E-state index in [4.69, 9.17) is 0 Å². The van der Waals surface area contributed by atoms with Gasteiger partial charge in [0, 0.05) is 30.2 Å². The third kappa shape index (κ3) is 4.75. The summed E-state index contributed by atoms with van der Waals surface area (Å²) >= 11 is 0. The molecule has 2 heteroatoms. The predicted molar refractivity (Wildman–Crippen MR) is 94.7 cm³/mol. The van der Waals surface area contributed by atoms with Crippen molar-refractivity contribution in [2.45, 2.75) is 34.1 Å². The fraction of sp³-hybridized carbons (Fsp3) is 0.316. The first-order valence-electron chi connectivity index (χ1n) is 7.35. The molecule has 0 aliphatic rings. The van der Waals surface area contributed by atoms with Crippen LogP contribution >= 0.6 is 0 Å². The van der Waals surface area contributed by atoms with Gasteiger partial charge in [-0.15, -0.1) is 0 Å². The second kappa shape index (κ2) is 8.25. The molecule has 0 aliphatic carbocycles. The Morgan fingerprint density at radius 1 is 1.38 bits per heavy atom. The van der Waals surface area contributed by atoms with Crippen molar-refractivity contribution in [2.75, 3.05) is 7.05 Å². The molecule has 0 fully saturated rings. The van der Waals surface area contributed by atoms with Crippen molar-refractivity contribution in [3.63, 3.8) is 0 Å². The molecule has 1 aromatic rings. The highest BCUT2D eigenvalue weighted by Crippen LogP contribution is 2.17. The van der Waals surface area contributed by atoms with E-state index in [1.807, 2.05) is 19.2 Å². The third-order valence-corrected chi connectivity index (χ3v) is 3.52. The third-order valence-electron chi connectivity index (χ3n) is 3.52. The van der Waals surface area contributed by atoms with Gasteiger partial charge in [0.2, 0.25) is 0 Å². The fourth-order valence-electron chi connectivity index (χ4n) is 2.29. The number of benzene rings is 1. The Bertz CT molecular complexity index is 590. The normalized spacial score (nSPS) is 12.8. The number of hydrogen-bond donors (Lipinski definition) is 1. The molecule has 0 spiro atoms. The SMILES string of the molecule is C=C(N/C(C)=C/c1cccc(CC)c1C)C(/C=N\C)=C/C. The van der Waals surface area contributed by atoms with E-state index in [1.165, 1.54) is 16.7 Å². The van der Waals surface area contributed by atoms with Crippen LogP contribution in [0.1, 0.15) is 37.5 Å². The van der Waals surface area contributed by atoms with Gasteiger partial charge in [-0.3, -0.25) is 4.99 Å². The van der Waals surface area contributed by atoms with Crippen molar-refractivity contribution in [2.24, 2.45) is 4.99 Å². The minimum Gasteiger partial charge on any atom is -0.359 e. The number of rotatable bonds is 6. The van der Waals surface area contributed by atoms with Gasteiger partial charge < -0.3 is 5.32 Å². The molecule has 0 aliphatic heterocycles. The van der Waals surface area contributed by atoms with E-state index in [2.05, 4.69) is 61.9 Å². The summed E-state index contributed by atoms with van der Waals surface area (Å²) in [5.74, 6) is 0. The van der Waals surface area contributed by atoms with Crippen molar-refractivity contribution in [1.82, 2.24) is 5.32 Å². The van der Waals surface area contributed by atoms with Crippen LogP contribution in [-0.2, 0) is 6.42 Å². The summed E-state index contributed by atoms with van der Waals surface area (Å²) in [5.41, 5.74) is 6.92. The molecule has 0 heterocycles. The van der Waals surface area contributed by atoms with E-state index in [-0.39, 0.29) is 0 Å². The Balaban J connectivity index is 2.94. The Hall–Kier alpha value is -2.09. The van der Waals surface area contributed by atoms with Crippen molar-refractivity contribution >= 4 is 12.3 Å². The van der Waals surface area contributed by atoms with Gasteiger partial charge in [0.05, 0.1) is 0 Å². The molecule has 0 saturated heterocycles. The maximum absolute atomic E-state index is 4.07. The minimum atomic E-state index is 0.862. The second-order valence-corrected chi connectivity index (χ2v) is 5.05. The first-order chi connectivity index (χ1) is 10.0. The standard InChI is InChI=1S/C19H26N2/c1-7-17-10-9-11-19(15(17)4)12-14(3)21-16(5)18(8-2)13-20-6/h8-13,21H,5,7H2,1-4,6H3/b14-12+,18-8+,20-13-. The lowest BCUT2D eigenvalue weighted by molar-refractivity contribution is 1.01. The molecule has 1 aromatic carbocycles. The van der Waals surface area contributed by atoms with Crippen molar-refractivity contribution in [3.8, 4) is 0 Å². The van der Waals surface area contributed by atoms with E-state index in [0.717, 1.165) is 23.4 Å². The van der Waals surface area contributed by atoms with Crippen LogP contribution in [0.4, 0.5) is 0 Å². The molecule has 2 nitrogen and oxygen atoms in total. The lowest BCUT2D eigenvalue weighted by Gasteiger charge is -2.12. The summed E-state index contributed by atoms with van der Waals surface area (Å²) < 4.78 is 0. The average Bonchev–Trinajstić information content (AvgIpc) is 2.46. The first-order valence-corrected chi connectivity index (χ1v) is 7.35. The molecular weight excluding hydrogens is 256 g/mol. The van der Waals surface area contributed by atoms with Gasteiger partial charge in [0.15, 0.2) is 0 Å². The Kier molecular flexibility index (Phi) is 6.67. The highest BCUT2D eigenvalue weighted by molar-refractivity contribution is 5.84. The summed E-state index contributed by atoms with van der Waals surface area (Å²) in [4.78, 5) is 4.04. The lowest BCUT2D eigenvalue weighted by Crippen LogP contribution is -2.12. The molecule has 21 heavy (non-hydrogen) atoms. The van der Waals surface area contributed by atoms with Gasteiger partial charge in [-0.2, -0.15) is 0 Å². The van der Waals surface area contributed by atoms with Crippen molar-refractivity contribution < 1.29 is 0 Å². The fourth-order valence-corrected chi connectivity index (χ4v) is 2.29. The van der Waals surface area contributed by atoms with E-state index in [0.29, 0.717) is 0 Å². The van der Waals surface area contributed by atoms with Crippen LogP contribution < -0.4 is 5.32 Å². The lowest BCUT2D eigenvalue weighted by atomic mass is 10.00. The zero-order valence-electron chi connectivity index (χ0n) is 13.8. The van der Waals surface area contributed by atoms with Crippen LogP contribution in [0.25, 0.3) is 6.08 Å². The average molecular weight is 282 g/mol. The van der Waals surface area contributed by atoms with E-state index >= 15 is 0 Å². The number of allylic oxidation sites excluding steroid dienone is 3. The summed E-state index contributed by atoms with van der Waals surface area (Å²) in [5, 5.41) is 3.34. The Morgan fingerprint density at radius 3 is 2.67 bits per heavy atom. The molecule has 0 saturated carbocycles. The van der Waals surface area contributed by atoms with Gasteiger partial charge >= 0.3 is 0 Å². The molecule has 1 N–H and O–H groups in total. The zero-order chi connectivity index (χ0) is 15.8. The summed E-state index contributed by atoms with van der Waals surface area (Å²) in [7, 11) is 1.76. The van der Waals surface area contributed by atoms with Crippen LogP contribution in [-0.4, -0.2) is 13.3 Å². The smallest absolute Gasteiger partial charge is 0.0394 e. The number of hydrogen-bond acceptors (Lipinski definition) is 2. The van der Waals surface area contributed by atoms with Crippen LogP contribution in [0, 0.1) is 6.92 Å². The molecule has 112 valence electrons. The van der Waals surface area contributed by atoms with Gasteiger partial charge in [0.25, 0.3) is 0 Å². The molecule has 1 rings (SSSR count). The van der Waals surface area contributed by atoms with Gasteiger partial charge in [-0.1, -0.05) is 37.8 Å². The molecule has 0 amide bonds. The summed E-state index contributed by atoms with van der Waals surface area (Å²) in [6.07, 6.45) is 7.03. The molecule has 0 radical (unpaired) electrons. The van der Waals surface area contributed by atoms with Crippen LogP contribution in [0.5, 0.6) is 0 Å². The van der Waals surface area contributed by atoms with Gasteiger partial charge in [-0.25, -0.2) is 0 Å². The monoisotopic (exact) mass is 282 g/mol. The number of aryl methyl sites for hydroxylation is 1. The van der Waals surface area contributed by atoms with Crippen LogP contribution in [0.2, 0.25) is 0 Å². The maximum atomic E-state index is 4.07. The first kappa shape index (κ1) is 17.0. The minimum absolute atomic E-state index is 0.862. The van der Waals surface area contributed by atoms with Crippen LogP contribution in [0.3, 0.4) is 0 Å². The Labute approximate surface area is 129 Å². The van der Waals surface area contributed by atoms with Crippen molar-refractivity contribution in [1.29, 1.82) is 0 Å². The molecule has 0 bridgehead atoms. The summed E-state index contributed by atoms with van der Waals surface area (Å²) in [6, 6.07) is 6.44. The quantitative estimate of drug-likeness (QED) is 0.595. The van der Waals surface area contributed by atoms with E-state index < -0.39 is 0 Å². The highest BCUT2D eigenvalue weighted by Gasteiger charge is 2.02. The second-order valence-electron chi connectivity index (χ2n) is 5.05. The predicted octanol–water partition coefficient (Wildman–Crippen LogP) is 4.67. The zero-order valence-corrected chi connectivity index (χ0v) is 13.8. The number of nitrogens with zero attached hydrogens (tertiary/aromatic N) is 1. The summed E-state index contributed by atoms with van der Waals surface area (Å²) in [6.45, 7) is 12.5. The molecule has 0 atom stereocenters. The highest BCUT2D eigenvalue weighted by atomic mass is 14.9. The topological polar surface area (TPSA) is 24.4 Å². The maximum Gasteiger partial charge on any atom is 0.0394 e. The van der Waals surface area contributed by atoms with E-state index in [9.17, 15) is 0 Å². The number of aliphatic imine (C=N–C) groups is 1. The van der Waals surface area contributed by atoms with Crippen molar-refractivity contribution in [3.05, 3.63) is 64.5 Å². The largest absolute Gasteiger partial charge is 0.359 e. The number of nitrogens with one attached hydrogen (secondary N) is 1. The molecule has 0 unspecified atom stereocenters. The van der Waals surface area contributed by atoms with Gasteiger partial charge in [-0.05, 0) is 50.0 Å². The van der Waals surface area contributed by atoms with Gasteiger partial charge in [0.1, 0.15) is 0 Å². The van der Waals surface area contributed by atoms with E-state index in [1.54, 1.807) is 7.05 Å². The Morgan fingerprint density at radius 2 is 2.10 bits per heavy atom. The van der Waals surface area contributed by atoms with Crippen LogP contribution in [0.15, 0.2) is 52.8 Å².